The second-order valence-corrected chi connectivity index (χ2v) is 13.4. The quantitative estimate of drug-likeness (QED) is 0.254. The normalized spacial score (nSPS) is 24.9. The van der Waals surface area contributed by atoms with Crippen LogP contribution in [0.25, 0.3) is 11.5 Å². The average Bonchev–Trinajstić information content (AvgIpc) is 3.81. The minimum atomic E-state index is -1.84. The van der Waals surface area contributed by atoms with Gasteiger partial charge in [-0.05, 0) is 38.0 Å². The molecular weight excluding hydrogens is 666 g/mol. The van der Waals surface area contributed by atoms with Crippen molar-refractivity contribution in [2.24, 2.45) is 11.8 Å². The van der Waals surface area contributed by atoms with Crippen LogP contribution < -0.4 is 15.8 Å². The highest BCUT2D eigenvalue weighted by atomic mass is 16.5. The summed E-state index contributed by atoms with van der Waals surface area (Å²) in [5, 5.41) is 21.8. The number of imide groups is 2. The third kappa shape index (κ3) is 6.72. The number of barbiturate groups is 1. The maximum Gasteiger partial charge on any atom is 0.333 e. The molecule has 0 aromatic carbocycles. The highest BCUT2D eigenvalue weighted by Gasteiger charge is 2.54. The van der Waals surface area contributed by atoms with Crippen molar-refractivity contribution in [2.75, 3.05) is 31.1 Å². The van der Waals surface area contributed by atoms with Crippen molar-refractivity contribution in [1.82, 2.24) is 49.9 Å². The lowest BCUT2D eigenvalue weighted by Crippen LogP contribution is -2.67. The van der Waals surface area contributed by atoms with E-state index in [0.717, 1.165) is 35.5 Å². The first-order valence-electron chi connectivity index (χ1n) is 17.3. The van der Waals surface area contributed by atoms with E-state index >= 15 is 0 Å². The average molecular weight is 706 g/mol. The predicted octanol–water partition coefficient (Wildman–Crippen LogP) is 0.241. The molecule has 2 aliphatic carbocycles. The molecule has 4 atom stereocenters. The van der Waals surface area contributed by atoms with Crippen LogP contribution >= 0.6 is 0 Å². The Morgan fingerprint density at radius 1 is 0.961 bits per heavy atom. The summed E-state index contributed by atoms with van der Waals surface area (Å²) in [7, 11) is 0. The number of H-pyrrole nitrogens is 1. The van der Waals surface area contributed by atoms with E-state index in [2.05, 4.69) is 30.7 Å². The number of hydrogen-bond donors (Lipinski definition) is 3. The van der Waals surface area contributed by atoms with E-state index < -0.39 is 54.3 Å². The van der Waals surface area contributed by atoms with Gasteiger partial charge >= 0.3 is 12.0 Å². The van der Waals surface area contributed by atoms with Crippen LogP contribution in [0.1, 0.15) is 57.8 Å². The molecule has 0 spiro atoms. The molecule has 7 rings (SSSR count). The van der Waals surface area contributed by atoms with Crippen molar-refractivity contribution in [2.45, 2.75) is 76.0 Å². The number of nitrogens with one attached hydrogen (secondary N) is 2. The number of aromatic nitrogens is 7. The number of carbonyl (C=O) groups excluding carboxylic acids is 4. The second-order valence-electron chi connectivity index (χ2n) is 13.4. The lowest BCUT2D eigenvalue weighted by Gasteiger charge is -2.47. The summed E-state index contributed by atoms with van der Waals surface area (Å²) in [6.07, 6.45) is 11.7. The minimum Gasteiger partial charge on any atom is -0.480 e. The van der Waals surface area contributed by atoms with Gasteiger partial charge in [-0.2, -0.15) is 4.68 Å². The second kappa shape index (κ2) is 14.4. The van der Waals surface area contributed by atoms with Gasteiger partial charge in [0.05, 0.1) is 31.3 Å². The number of carboxylic acids is 1. The van der Waals surface area contributed by atoms with Gasteiger partial charge in [-0.1, -0.05) is 30.9 Å². The smallest absolute Gasteiger partial charge is 0.333 e. The molecule has 0 radical (unpaired) electrons. The molecule has 270 valence electrons. The minimum absolute atomic E-state index is 0.0650. The van der Waals surface area contributed by atoms with Gasteiger partial charge < -0.3 is 20.1 Å². The number of morpholine rings is 1. The summed E-state index contributed by atoms with van der Waals surface area (Å²) in [5.41, 5.74) is -0.0968. The third-order valence-electron chi connectivity index (χ3n) is 10.3. The standard InChI is InChI=1S/C32H39N11O8/c44-26(45)16-33-28(46)27-30(48)41(20-6-2-1-3-7-20)32(50)42(31(27)49)21-8-4-5-19(13-21)23-17-39(11-12-51-23)24-14-25(35-18-34-24)43-29(47)22(15-37-43)40-10-9-36-38-40/h9-10,14-15,18-21,23,27,37H,1-8,11-13,16-17H2,(H,33,46)(H,44,45). The molecule has 4 unspecified atom stereocenters. The van der Waals surface area contributed by atoms with Gasteiger partial charge in [0.1, 0.15) is 18.7 Å². The molecule has 19 nitrogen and oxygen atoms in total. The number of rotatable bonds is 9. The Kier molecular flexibility index (Phi) is 9.61. The van der Waals surface area contributed by atoms with Gasteiger partial charge in [0.25, 0.3) is 17.4 Å². The summed E-state index contributed by atoms with van der Waals surface area (Å²) in [6.45, 7) is 0.614. The maximum absolute atomic E-state index is 14.0. The lowest BCUT2D eigenvalue weighted by atomic mass is 9.80. The topological polar surface area (TPSA) is 231 Å². The number of nitrogens with zero attached hydrogens (tertiary/aromatic N) is 9. The number of carboxylic acid groups (broad SMARTS) is 1. The van der Waals surface area contributed by atoms with Crippen molar-refractivity contribution in [1.29, 1.82) is 0 Å². The molecule has 3 aromatic heterocycles. The molecule has 2 saturated carbocycles. The van der Waals surface area contributed by atoms with Gasteiger partial charge in [0, 0.05) is 31.2 Å². The first kappa shape index (κ1) is 34.0. The largest absolute Gasteiger partial charge is 0.480 e. The van der Waals surface area contributed by atoms with Crippen molar-refractivity contribution in [3.63, 3.8) is 0 Å². The fraction of sp³-hybridized carbons (Fsp3) is 0.562. The van der Waals surface area contributed by atoms with Gasteiger partial charge in [-0.25, -0.2) is 19.4 Å². The molecule has 2 saturated heterocycles. The van der Waals surface area contributed by atoms with Crippen molar-refractivity contribution < 1.29 is 33.8 Å². The Balaban J connectivity index is 1.08. The zero-order valence-corrected chi connectivity index (χ0v) is 27.8. The number of ether oxygens (including phenoxy) is 1. The van der Waals surface area contributed by atoms with E-state index in [4.69, 9.17) is 9.84 Å². The summed E-state index contributed by atoms with van der Waals surface area (Å²) >= 11 is 0. The Hall–Kier alpha value is -5.46. The fourth-order valence-corrected chi connectivity index (χ4v) is 7.79. The van der Waals surface area contributed by atoms with Crippen molar-refractivity contribution >= 4 is 35.5 Å². The van der Waals surface area contributed by atoms with Crippen LogP contribution in [-0.4, -0.2) is 124 Å². The van der Waals surface area contributed by atoms with Crippen LogP contribution in [0, 0.1) is 11.8 Å². The molecule has 51 heavy (non-hydrogen) atoms. The van der Waals surface area contributed by atoms with Crippen LogP contribution in [0.4, 0.5) is 10.6 Å². The van der Waals surface area contributed by atoms with Crippen molar-refractivity contribution in [3.05, 3.63) is 41.3 Å². The monoisotopic (exact) mass is 705 g/mol. The highest BCUT2D eigenvalue weighted by Crippen LogP contribution is 2.37. The van der Waals surface area contributed by atoms with Crippen LogP contribution in [0.2, 0.25) is 0 Å². The molecule has 5 heterocycles. The van der Waals surface area contributed by atoms with Gasteiger partial charge in [0.15, 0.2) is 17.4 Å². The first-order valence-corrected chi connectivity index (χ1v) is 17.3. The molecule has 5 amide bonds. The third-order valence-corrected chi connectivity index (χ3v) is 10.3. The lowest BCUT2D eigenvalue weighted by molar-refractivity contribution is -0.158. The Morgan fingerprint density at radius 3 is 2.45 bits per heavy atom. The summed E-state index contributed by atoms with van der Waals surface area (Å²) in [5.74, 6) is -5.14. The maximum atomic E-state index is 14.0. The van der Waals surface area contributed by atoms with Crippen LogP contribution in [-0.2, 0) is 23.9 Å². The fourth-order valence-electron chi connectivity index (χ4n) is 7.79. The van der Waals surface area contributed by atoms with E-state index in [1.54, 1.807) is 12.3 Å². The Bertz CT molecular complexity index is 1850. The van der Waals surface area contributed by atoms with E-state index in [9.17, 15) is 28.8 Å². The van der Waals surface area contributed by atoms with E-state index in [1.807, 2.05) is 4.90 Å². The number of aromatic amines is 1. The number of urea groups is 1. The predicted molar refractivity (Wildman–Crippen MR) is 175 cm³/mol. The Labute approximate surface area is 290 Å². The van der Waals surface area contributed by atoms with Crippen LogP contribution in [0.3, 0.4) is 0 Å². The number of aliphatic carboxylic acids is 1. The Morgan fingerprint density at radius 2 is 1.71 bits per heavy atom. The molecule has 4 fully saturated rings. The van der Waals surface area contributed by atoms with Gasteiger partial charge in [0.2, 0.25) is 5.91 Å². The zero-order chi connectivity index (χ0) is 35.6. The van der Waals surface area contributed by atoms with Gasteiger partial charge in [-0.3, -0.25) is 38.9 Å². The molecule has 19 heteroatoms. The molecule has 3 aromatic rings. The van der Waals surface area contributed by atoms with E-state index in [1.165, 1.54) is 28.1 Å². The van der Waals surface area contributed by atoms with E-state index in [-0.39, 0.29) is 23.3 Å². The van der Waals surface area contributed by atoms with Crippen LogP contribution in [0.5, 0.6) is 0 Å². The number of hydrogen-bond acceptors (Lipinski definition) is 12. The molecule has 4 aliphatic rings. The summed E-state index contributed by atoms with van der Waals surface area (Å²) in [6, 6.07) is -0.0307. The highest BCUT2D eigenvalue weighted by molar-refractivity contribution is 6.26. The van der Waals surface area contributed by atoms with E-state index in [0.29, 0.717) is 63.4 Å². The SMILES string of the molecule is O=C(O)CNC(=O)C1C(=O)N(C2CCCCC2)C(=O)N(C2CCCC(C3CN(c4cc(-n5[nH]cc(-n6ccnn6)c5=O)ncn4)CCO3)C2)C1=O. The molecule has 3 N–H and O–H groups in total. The first-order chi connectivity index (χ1) is 24.7. The van der Waals surface area contributed by atoms with Gasteiger partial charge in [-0.15, -0.1) is 5.10 Å². The number of carbonyl (C=O) groups is 5. The molecule has 2 aliphatic heterocycles. The number of amides is 5. The molecule has 0 bridgehead atoms. The summed E-state index contributed by atoms with van der Waals surface area (Å²) < 4.78 is 8.89. The number of anilines is 1. The zero-order valence-electron chi connectivity index (χ0n) is 27.8. The van der Waals surface area contributed by atoms with Crippen LogP contribution in [0.15, 0.2) is 35.8 Å². The van der Waals surface area contributed by atoms with Crippen molar-refractivity contribution in [3.8, 4) is 11.5 Å². The molecular formula is C32H39N11O8. The summed E-state index contributed by atoms with van der Waals surface area (Å²) in [4.78, 5) is 91.9.